The smallest absolute Gasteiger partial charge is 0.150 e. The van der Waals surface area contributed by atoms with Crippen LogP contribution in [-0.4, -0.2) is 17.4 Å². The van der Waals surface area contributed by atoms with Gasteiger partial charge in [-0.05, 0) is 44.0 Å². The van der Waals surface area contributed by atoms with Gasteiger partial charge in [-0.2, -0.15) is 0 Å². The number of aryl methyl sites for hydroxylation is 1. The minimum absolute atomic E-state index is 0.111. The molecule has 2 rings (SSSR count). The van der Waals surface area contributed by atoms with Crippen LogP contribution < -0.4 is 4.74 Å². The molecule has 0 aliphatic carbocycles. The summed E-state index contributed by atoms with van der Waals surface area (Å²) >= 11 is 0. The maximum absolute atomic E-state index is 10.9. The minimum atomic E-state index is 0.111. The lowest BCUT2D eigenvalue weighted by Crippen LogP contribution is -2.05. The van der Waals surface area contributed by atoms with E-state index in [4.69, 9.17) is 4.74 Å². The first-order chi connectivity index (χ1) is 9.10. The molecular formula is C16H17NO2. The zero-order valence-corrected chi connectivity index (χ0v) is 11.4. The Morgan fingerprint density at radius 2 is 2.00 bits per heavy atom. The number of ether oxygens (including phenoxy) is 1. The van der Waals surface area contributed by atoms with Crippen molar-refractivity contribution in [1.82, 2.24) is 4.98 Å². The number of aromatic nitrogens is 1. The van der Waals surface area contributed by atoms with E-state index in [-0.39, 0.29) is 6.10 Å². The normalized spacial score (nSPS) is 10.5. The summed E-state index contributed by atoms with van der Waals surface area (Å²) in [5, 5.41) is 0. The first kappa shape index (κ1) is 13.3. The lowest BCUT2D eigenvalue weighted by molar-refractivity contribution is 0.112. The van der Waals surface area contributed by atoms with Crippen molar-refractivity contribution in [2.45, 2.75) is 26.9 Å². The van der Waals surface area contributed by atoms with Crippen LogP contribution in [0.3, 0.4) is 0 Å². The molecule has 0 fully saturated rings. The van der Waals surface area contributed by atoms with E-state index in [1.54, 1.807) is 12.4 Å². The average Bonchev–Trinajstić information content (AvgIpc) is 2.39. The number of rotatable bonds is 4. The van der Waals surface area contributed by atoms with Crippen LogP contribution in [0.1, 0.15) is 29.8 Å². The second-order valence-electron chi connectivity index (χ2n) is 4.77. The Hall–Kier alpha value is -2.16. The summed E-state index contributed by atoms with van der Waals surface area (Å²) in [4.78, 5) is 15.1. The summed E-state index contributed by atoms with van der Waals surface area (Å²) in [6, 6.07) is 7.57. The highest BCUT2D eigenvalue weighted by Crippen LogP contribution is 2.26. The number of carbonyl (C=O) groups excluding carboxylic acids is 1. The summed E-state index contributed by atoms with van der Waals surface area (Å²) < 4.78 is 5.64. The van der Waals surface area contributed by atoms with Gasteiger partial charge in [0.1, 0.15) is 12.0 Å². The van der Waals surface area contributed by atoms with Crippen LogP contribution in [0.15, 0.2) is 36.7 Å². The zero-order valence-electron chi connectivity index (χ0n) is 11.4. The fourth-order valence-electron chi connectivity index (χ4n) is 1.93. The number of benzene rings is 1. The van der Waals surface area contributed by atoms with Crippen LogP contribution >= 0.6 is 0 Å². The van der Waals surface area contributed by atoms with E-state index in [1.165, 1.54) is 0 Å². The second kappa shape index (κ2) is 5.65. The van der Waals surface area contributed by atoms with E-state index >= 15 is 0 Å². The van der Waals surface area contributed by atoms with Gasteiger partial charge in [-0.15, -0.1) is 0 Å². The van der Waals surface area contributed by atoms with Crippen molar-refractivity contribution in [2.75, 3.05) is 0 Å². The first-order valence-corrected chi connectivity index (χ1v) is 6.28. The predicted molar refractivity (Wildman–Crippen MR) is 75.6 cm³/mol. The van der Waals surface area contributed by atoms with Crippen LogP contribution in [0, 0.1) is 6.92 Å². The Kier molecular flexibility index (Phi) is 3.95. The number of hydrogen-bond donors (Lipinski definition) is 0. The van der Waals surface area contributed by atoms with Crippen molar-refractivity contribution in [1.29, 1.82) is 0 Å². The molecule has 0 saturated carbocycles. The molecule has 0 spiro atoms. The Labute approximate surface area is 113 Å². The quantitative estimate of drug-likeness (QED) is 0.783. The predicted octanol–water partition coefficient (Wildman–Crippen LogP) is 3.66. The van der Waals surface area contributed by atoms with Gasteiger partial charge < -0.3 is 4.74 Å². The van der Waals surface area contributed by atoms with Crippen molar-refractivity contribution < 1.29 is 9.53 Å². The van der Waals surface area contributed by atoms with Crippen molar-refractivity contribution in [2.24, 2.45) is 0 Å². The largest absolute Gasteiger partial charge is 0.489 e. The monoisotopic (exact) mass is 255 g/mol. The van der Waals surface area contributed by atoms with Crippen LogP contribution in [0.5, 0.6) is 5.75 Å². The van der Waals surface area contributed by atoms with Gasteiger partial charge in [0.05, 0.1) is 12.3 Å². The number of carbonyl (C=O) groups is 1. The molecule has 0 atom stereocenters. The maximum atomic E-state index is 10.9. The Bertz CT molecular complexity index is 591. The highest BCUT2D eigenvalue weighted by Gasteiger charge is 2.06. The molecule has 3 nitrogen and oxygen atoms in total. The van der Waals surface area contributed by atoms with Crippen molar-refractivity contribution in [3.05, 3.63) is 47.8 Å². The third-order valence-corrected chi connectivity index (χ3v) is 2.79. The van der Waals surface area contributed by atoms with Crippen LogP contribution in [0.2, 0.25) is 0 Å². The number of nitrogens with zero attached hydrogens (tertiary/aromatic N) is 1. The molecule has 0 saturated heterocycles. The van der Waals surface area contributed by atoms with Gasteiger partial charge in [-0.3, -0.25) is 9.78 Å². The van der Waals surface area contributed by atoms with Gasteiger partial charge >= 0.3 is 0 Å². The summed E-state index contributed by atoms with van der Waals surface area (Å²) in [5.41, 5.74) is 3.73. The summed E-state index contributed by atoms with van der Waals surface area (Å²) in [6.07, 6.45) is 4.44. The highest BCUT2D eigenvalue weighted by atomic mass is 16.5. The Balaban J connectivity index is 2.43. The third kappa shape index (κ3) is 3.19. The molecule has 1 aromatic heterocycles. The lowest BCUT2D eigenvalue weighted by atomic mass is 10.00. The minimum Gasteiger partial charge on any atom is -0.489 e. The fourth-order valence-corrected chi connectivity index (χ4v) is 1.93. The van der Waals surface area contributed by atoms with E-state index in [1.807, 2.05) is 45.0 Å². The van der Waals surface area contributed by atoms with Gasteiger partial charge in [-0.25, -0.2) is 0 Å². The van der Waals surface area contributed by atoms with Crippen molar-refractivity contribution in [3.8, 4) is 16.9 Å². The third-order valence-electron chi connectivity index (χ3n) is 2.79. The van der Waals surface area contributed by atoms with Crippen LogP contribution in [0.25, 0.3) is 11.1 Å². The van der Waals surface area contributed by atoms with E-state index in [9.17, 15) is 4.79 Å². The molecule has 3 heteroatoms. The second-order valence-corrected chi connectivity index (χ2v) is 4.77. The van der Waals surface area contributed by atoms with Gasteiger partial charge in [0.25, 0.3) is 0 Å². The molecule has 98 valence electrons. The number of aldehydes is 1. The van der Waals surface area contributed by atoms with Crippen molar-refractivity contribution >= 4 is 6.29 Å². The maximum Gasteiger partial charge on any atom is 0.150 e. The fraction of sp³-hybridized carbons (Fsp3) is 0.250. The number of hydrogen-bond acceptors (Lipinski definition) is 3. The summed E-state index contributed by atoms with van der Waals surface area (Å²) in [6.45, 7) is 5.97. The molecule has 1 heterocycles. The van der Waals surface area contributed by atoms with Gasteiger partial charge in [0.2, 0.25) is 0 Å². The summed E-state index contributed by atoms with van der Waals surface area (Å²) in [7, 11) is 0. The standard InChI is InChI=1S/C16H17NO2/c1-11(2)19-15-7-14(8-17-9-15)16-6-13(10-18)5-4-12(16)3/h4-11H,1-3H3. The van der Waals surface area contributed by atoms with Crippen LogP contribution in [0.4, 0.5) is 0 Å². The van der Waals surface area contributed by atoms with Gasteiger partial charge in [-0.1, -0.05) is 12.1 Å². The molecule has 19 heavy (non-hydrogen) atoms. The summed E-state index contributed by atoms with van der Waals surface area (Å²) in [5.74, 6) is 0.739. The molecule has 0 unspecified atom stereocenters. The van der Waals surface area contributed by atoms with Crippen molar-refractivity contribution in [3.63, 3.8) is 0 Å². The average molecular weight is 255 g/mol. The first-order valence-electron chi connectivity index (χ1n) is 6.28. The number of pyridine rings is 1. The molecule has 0 aliphatic rings. The zero-order chi connectivity index (χ0) is 13.8. The molecule has 0 aliphatic heterocycles. The Morgan fingerprint density at radius 1 is 1.21 bits per heavy atom. The SMILES string of the molecule is Cc1ccc(C=O)cc1-c1cncc(OC(C)C)c1. The topological polar surface area (TPSA) is 39.2 Å². The van der Waals surface area contributed by atoms with E-state index in [2.05, 4.69) is 4.98 Å². The molecule has 0 amide bonds. The molecule has 2 aromatic rings. The Morgan fingerprint density at radius 3 is 2.68 bits per heavy atom. The highest BCUT2D eigenvalue weighted by molar-refractivity contribution is 5.80. The molecule has 0 bridgehead atoms. The van der Waals surface area contributed by atoms with E-state index in [0.717, 1.165) is 28.7 Å². The van der Waals surface area contributed by atoms with Gasteiger partial charge in [0, 0.05) is 17.3 Å². The van der Waals surface area contributed by atoms with E-state index in [0.29, 0.717) is 5.56 Å². The van der Waals surface area contributed by atoms with E-state index < -0.39 is 0 Å². The molecule has 1 aromatic carbocycles. The van der Waals surface area contributed by atoms with Gasteiger partial charge in [0.15, 0.2) is 0 Å². The molecule has 0 radical (unpaired) electrons. The molecule has 0 N–H and O–H groups in total. The van der Waals surface area contributed by atoms with Crippen LogP contribution in [-0.2, 0) is 0 Å². The molecular weight excluding hydrogens is 238 g/mol. The lowest BCUT2D eigenvalue weighted by Gasteiger charge is -2.11.